The lowest BCUT2D eigenvalue weighted by Gasteiger charge is -2.00. The fourth-order valence-electron chi connectivity index (χ4n) is 1.73. The van der Waals surface area contributed by atoms with Gasteiger partial charge in [-0.3, -0.25) is 0 Å². The van der Waals surface area contributed by atoms with Crippen molar-refractivity contribution >= 4 is 15.9 Å². The minimum Gasteiger partial charge on any atom is -0.426 e. The number of para-hydroxylation sites is 1. The summed E-state index contributed by atoms with van der Waals surface area (Å²) in [7, 11) is 0. The van der Waals surface area contributed by atoms with E-state index in [1.807, 2.05) is 60.8 Å². The van der Waals surface area contributed by atoms with Gasteiger partial charge in [0, 0.05) is 16.2 Å². The number of ether oxygens (including phenoxy) is 1. The summed E-state index contributed by atoms with van der Waals surface area (Å²) in [5, 5.41) is 0. The molecule has 1 heterocycles. The number of H-pyrrole nitrogens is 1. The summed E-state index contributed by atoms with van der Waals surface area (Å²) in [6.45, 7) is 0. The van der Waals surface area contributed by atoms with Crippen molar-refractivity contribution in [2.45, 2.75) is 0 Å². The zero-order valence-electron chi connectivity index (χ0n) is 10.0. The molecule has 0 bridgehead atoms. The number of hydrogen-bond acceptors (Lipinski definition) is 2. The SMILES string of the molecule is Brc1ccc(-c2c[nH]c(Oc3ccccc3)n2)cc1. The number of nitrogens with one attached hydrogen (secondary N) is 1. The number of nitrogens with zero attached hydrogens (tertiary/aromatic N) is 1. The van der Waals surface area contributed by atoms with Crippen molar-refractivity contribution in [3.63, 3.8) is 0 Å². The topological polar surface area (TPSA) is 37.9 Å². The maximum absolute atomic E-state index is 5.63. The van der Waals surface area contributed by atoms with Crippen LogP contribution in [0.4, 0.5) is 0 Å². The predicted octanol–water partition coefficient (Wildman–Crippen LogP) is 4.63. The van der Waals surface area contributed by atoms with Crippen molar-refractivity contribution in [3.05, 3.63) is 65.3 Å². The highest BCUT2D eigenvalue weighted by atomic mass is 79.9. The van der Waals surface area contributed by atoms with Crippen molar-refractivity contribution in [1.29, 1.82) is 0 Å². The third kappa shape index (κ3) is 2.85. The summed E-state index contributed by atoms with van der Waals surface area (Å²) in [6, 6.07) is 18.1. The standard InChI is InChI=1S/C15H11BrN2O/c16-12-8-6-11(7-9-12)14-10-17-15(18-14)19-13-4-2-1-3-5-13/h1-10H,(H,17,18). The van der Waals surface area contributed by atoms with Crippen molar-refractivity contribution in [2.24, 2.45) is 0 Å². The molecule has 4 heteroatoms. The molecule has 0 amide bonds. The van der Waals surface area contributed by atoms with Crippen LogP contribution in [0, 0.1) is 0 Å². The van der Waals surface area contributed by atoms with Crippen LogP contribution in [0.25, 0.3) is 11.3 Å². The summed E-state index contributed by atoms with van der Waals surface area (Å²) in [5.74, 6) is 0.763. The normalized spacial score (nSPS) is 10.4. The van der Waals surface area contributed by atoms with Crippen molar-refractivity contribution < 1.29 is 4.74 Å². The van der Waals surface area contributed by atoms with Crippen LogP contribution in [0.1, 0.15) is 0 Å². The molecule has 0 saturated carbocycles. The molecule has 0 atom stereocenters. The maximum Gasteiger partial charge on any atom is 0.299 e. The van der Waals surface area contributed by atoms with Gasteiger partial charge in [-0.2, -0.15) is 4.98 Å². The van der Waals surface area contributed by atoms with E-state index in [0.29, 0.717) is 6.01 Å². The van der Waals surface area contributed by atoms with Gasteiger partial charge >= 0.3 is 0 Å². The zero-order valence-corrected chi connectivity index (χ0v) is 11.6. The second-order valence-corrected chi connectivity index (χ2v) is 4.93. The Morgan fingerprint density at radius 1 is 0.947 bits per heavy atom. The van der Waals surface area contributed by atoms with Gasteiger partial charge in [0.1, 0.15) is 5.75 Å². The zero-order chi connectivity index (χ0) is 13.1. The Hall–Kier alpha value is -2.07. The highest BCUT2D eigenvalue weighted by molar-refractivity contribution is 9.10. The van der Waals surface area contributed by atoms with Crippen molar-refractivity contribution in [2.75, 3.05) is 0 Å². The molecule has 3 rings (SSSR count). The molecule has 0 aliphatic heterocycles. The van der Waals surface area contributed by atoms with Crippen LogP contribution in [0.5, 0.6) is 11.8 Å². The molecule has 1 N–H and O–H groups in total. The third-order valence-corrected chi connectivity index (χ3v) is 3.18. The lowest BCUT2D eigenvalue weighted by Crippen LogP contribution is -1.85. The number of rotatable bonds is 3. The minimum absolute atomic E-state index is 0.490. The van der Waals surface area contributed by atoms with Gasteiger partial charge in [-0.15, -0.1) is 0 Å². The number of aromatic amines is 1. The molecular weight excluding hydrogens is 304 g/mol. The van der Waals surface area contributed by atoms with Crippen LogP contribution in [0.15, 0.2) is 65.3 Å². The first-order chi connectivity index (χ1) is 9.31. The van der Waals surface area contributed by atoms with Gasteiger partial charge in [0.15, 0.2) is 0 Å². The van der Waals surface area contributed by atoms with E-state index in [0.717, 1.165) is 21.5 Å². The Labute approximate surface area is 119 Å². The van der Waals surface area contributed by atoms with Gasteiger partial charge < -0.3 is 9.72 Å². The van der Waals surface area contributed by atoms with Crippen molar-refractivity contribution in [1.82, 2.24) is 9.97 Å². The lowest BCUT2D eigenvalue weighted by atomic mass is 10.2. The fraction of sp³-hybridized carbons (Fsp3) is 0. The smallest absolute Gasteiger partial charge is 0.299 e. The van der Waals surface area contributed by atoms with Crippen LogP contribution < -0.4 is 4.74 Å². The molecule has 19 heavy (non-hydrogen) atoms. The highest BCUT2D eigenvalue weighted by Crippen LogP contribution is 2.24. The van der Waals surface area contributed by atoms with E-state index in [1.54, 1.807) is 0 Å². The second kappa shape index (κ2) is 5.28. The monoisotopic (exact) mass is 314 g/mol. The van der Waals surface area contributed by atoms with E-state index >= 15 is 0 Å². The fourth-order valence-corrected chi connectivity index (χ4v) is 1.99. The van der Waals surface area contributed by atoms with Crippen LogP contribution in [-0.4, -0.2) is 9.97 Å². The molecule has 1 aromatic heterocycles. The quantitative estimate of drug-likeness (QED) is 0.765. The molecule has 0 aliphatic carbocycles. The molecule has 0 radical (unpaired) electrons. The molecule has 3 aromatic rings. The first kappa shape index (κ1) is 12.0. The number of hydrogen-bond donors (Lipinski definition) is 1. The van der Waals surface area contributed by atoms with Crippen LogP contribution in [0.2, 0.25) is 0 Å². The number of benzene rings is 2. The maximum atomic E-state index is 5.63. The Morgan fingerprint density at radius 3 is 2.42 bits per heavy atom. The van der Waals surface area contributed by atoms with Gasteiger partial charge in [0.2, 0.25) is 0 Å². The first-order valence-electron chi connectivity index (χ1n) is 5.85. The average Bonchev–Trinajstić information content (AvgIpc) is 2.89. The van der Waals surface area contributed by atoms with Crippen LogP contribution in [0.3, 0.4) is 0 Å². The molecular formula is C15H11BrN2O. The minimum atomic E-state index is 0.490. The molecule has 2 aromatic carbocycles. The summed E-state index contributed by atoms with van der Waals surface area (Å²) < 4.78 is 6.68. The molecule has 0 fully saturated rings. The Bertz CT molecular complexity index is 662. The van der Waals surface area contributed by atoms with Gasteiger partial charge in [-0.1, -0.05) is 46.3 Å². The summed E-state index contributed by atoms with van der Waals surface area (Å²) in [4.78, 5) is 7.43. The Morgan fingerprint density at radius 2 is 1.68 bits per heavy atom. The molecule has 0 aliphatic rings. The predicted molar refractivity (Wildman–Crippen MR) is 78.2 cm³/mol. The van der Waals surface area contributed by atoms with Gasteiger partial charge in [-0.25, -0.2) is 0 Å². The number of aromatic nitrogens is 2. The molecule has 94 valence electrons. The molecule has 0 unspecified atom stereocenters. The van der Waals surface area contributed by atoms with E-state index in [4.69, 9.17) is 4.74 Å². The molecule has 3 nitrogen and oxygen atoms in total. The van der Waals surface area contributed by atoms with E-state index in [2.05, 4.69) is 25.9 Å². The Kier molecular flexibility index (Phi) is 3.33. The van der Waals surface area contributed by atoms with Gasteiger partial charge in [0.05, 0.1) is 5.69 Å². The number of imidazole rings is 1. The average molecular weight is 315 g/mol. The van der Waals surface area contributed by atoms with E-state index in [1.165, 1.54) is 0 Å². The summed E-state index contributed by atoms with van der Waals surface area (Å²) >= 11 is 3.41. The summed E-state index contributed by atoms with van der Waals surface area (Å²) in [6.07, 6.45) is 1.83. The Balaban J connectivity index is 1.82. The lowest BCUT2D eigenvalue weighted by molar-refractivity contribution is 0.448. The summed E-state index contributed by atoms with van der Waals surface area (Å²) in [5.41, 5.74) is 1.90. The highest BCUT2D eigenvalue weighted by Gasteiger charge is 2.05. The van der Waals surface area contributed by atoms with E-state index < -0.39 is 0 Å². The molecule has 0 spiro atoms. The molecule has 0 saturated heterocycles. The van der Waals surface area contributed by atoms with Crippen LogP contribution >= 0.6 is 15.9 Å². The first-order valence-corrected chi connectivity index (χ1v) is 6.65. The van der Waals surface area contributed by atoms with E-state index in [-0.39, 0.29) is 0 Å². The third-order valence-electron chi connectivity index (χ3n) is 2.65. The number of halogens is 1. The second-order valence-electron chi connectivity index (χ2n) is 4.01. The largest absolute Gasteiger partial charge is 0.426 e. The van der Waals surface area contributed by atoms with Gasteiger partial charge in [-0.05, 0) is 24.3 Å². The van der Waals surface area contributed by atoms with E-state index in [9.17, 15) is 0 Å². The van der Waals surface area contributed by atoms with Crippen molar-refractivity contribution in [3.8, 4) is 23.0 Å². The van der Waals surface area contributed by atoms with Crippen LogP contribution in [-0.2, 0) is 0 Å². The van der Waals surface area contributed by atoms with Gasteiger partial charge in [0.25, 0.3) is 6.01 Å².